The predicted octanol–water partition coefficient (Wildman–Crippen LogP) is 2.84. The summed E-state index contributed by atoms with van der Waals surface area (Å²) in [5, 5.41) is 9.03. The maximum Gasteiger partial charge on any atom is 0.522 e. The van der Waals surface area contributed by atoms with E-state index in [4.69, 9.17) is 0 Å². The van der Waals surface area contributed by atoms with Crippen molar-refractivity contribution in [3.8, 4) is 0 Å². The van der Waals surface area contributed by atoms with Crippen molar-refractivity contribution in [3.63, 3.8) is 0 Å². The standard InChI is InChI=1S/C13H21N3O.C2H3F3O/c1-3-5-11(6-4-2)15-13(17)16-12-7-9-14-10-8-12;1-6-2(3,4)5/h3-6,12,14H,1,7-10H2,2H3,(H2,15,16,17);1H3/b6-4-,11-5+;. The van der Waals surface area contributed by atoms with Gasteiger partial charge in [0.1, 0.15) is 0 Å². The highest BCUT2D eigenvalue weighted by Gasteiger charge is 2.25. The number of alkyl halides is 3. The molecule has 0 bridgehead atoms. The Kier molecular flexibility index (Phi) is 10.8. The molecule has 1 aliphatic heterocycles. The minimum absolute atomic E-state index is 0.150. The van der Waals surface area contributed by atoms with Gasteiger partial charge in [0, 0.05) is 18.8 Å². The highest BCUT2D eigenvalue weighted by atomic mass is 19.4. The molecular weight excluding hydrogens is 311 g/mol. The maximum absolute atomic E-state index is 11.7. The van der Waals surface area contributed by atoms with Crippen LogP contribution in [0.1, 0.15) is 19.8 Å². The van der Waals surface area contributed by atoms with Gasteiger partial charge in [0.15, 0.2) is 0 Å². The van der Waals surface area contributed by atoms with Gasteiger partial charge < -0.3 is 16.0 Å². The van der Waals surface area contributed by atoms with E-state index in [1.165, 1.54) is 0 Å². The van der Waals surface area contributed by atoms with Crippen LogP contribution in [0.25, 0.3) is 0 Å². The maximum atomic E-state index is 11.7. The van der Waals surface area contributed by atoms with E-state index in [1.807, 2.05) is 19.1 Å². The number of carbonyl (C=O) groups is 1. The average Bonchev–Trinajstić information content (AvgIpc) is 2.48. The third-order valence-electron chi connectivity index (χ3n) is 2.81. The Morgan fingerprint density at radius 1 is 1.35 bits per heavy atom. The zero-order valence-electron chi connectivity index (χ0n) is 13.4. The van der Waals surface area contributed by atoms with Crippen LogP contribution in [0.15, 0.2) is 36.6 Å². The number of halogens is 3. The van der Waals surface area contributed by atoms with E-state index in [0.717, 1.165) is 31.6 Å². The quantitative estimate of drug-likeness (QED) is 0.692. The first-order chi connectivity index (χ1) is 10.8. The van der Waals surface area contributed by atoms with Crippen molar-refractivity contribution in [3.05, 3.63) is 36.6 Å². The first-order valence-corrected chi connectivity index (χ1v) is 7.18. The SMILES string of the molecule is C=C/C=C(\C=C/C)NC(=O)NC1CCNCC1.COC(F)(F)F. The number of urea groups is 1. The molecule has 0 atom stereocenters. The summed E-state index contributed by atoms with van der Waals surface area (Å²) in [5.74, 6) is 0. The highest BCUT2D eigenvalue weighted by Crippen LogP contribution is 2.13. The van der Waals surface area contributed by atoms with Gasteiger partial charge in [-0.15, -0.1) is 13.2 Å². The fraction of sp³-hybridized carbons (Fsp3) is 0.533. The highest BCUT2D eigenvalue weighted by molar-refractivity contribution is 5.76. The van der Waals surface area contributed by atoms with Gasteiger partial charge in [0.2, 0.25) is 0 Å². The first kappa shape index (κ1) is 21.2. The number of carbonyl (C=O) groups excluding carboxylic acids is 1. The van der Waals surface area contributed by atoms with Crippen LogP contribution in [0, 0.1) is 0 Å². The predicted molar refractivity (Wildman–Crippen MR) is 83.7 cm³/mol. The zero-order chi connectivity index (χ0) is 17.7. The Morgan fingerprint density at radius 2 is 1.91 bits per heavy atom. The largest absolute Gasteiger partial charge is 0.522 e. The number of piperidine rings is 1. The Hall–Kier alpha value is -1.80. The number of nitrogens with one attached hydrogen (secondary N) is 3. The second-order valence-electron chi connectivity index (χ2n) is 4.63. The number of hydrogen-bond acceptors (Lipinski definition) is 3. The molecule has 0 saturated carbocycles. The van der Waals surface area contributed by atoms with E-state index in [0.29, 0.717) is 7.11 Å². The number of hydrogen-bond donors (Lipinski definition) is 3. The summed E-state index contributed by atoms with van der Waals surface area (Å²) in [4.78, 5) is 11.7. The van der Waals surface area contributed by atoms with E-state index in [2.05, 4.69) is 27.3 Å². The van der Waals surface area contributed by atoms with Crippen molar-refractivity contribution in [1.82, 2.24) is 16.0 Å². The van der Waals surface area contributed by atoms with Crippen molar-refractivity contribution in [2.75, 3.05) is 20.2 Å². The Labute approximate surface area is 134 Å². The van der Waals surface area contributed by atoms with E-state index < -0.39 is 6.36 Å². The van der Waals surface area contributed by atoms with Crippen LogP contribution >= 0.6 is 0 Å². The van der Waals surface area contributed by atoms with Crippen LogP contribution in [0.4, 0.5) is 18.0 Å². The molecule has 1 saturated heterocycles. The van der Waals surface area contributed by atoms with Crippen LogP contribution in [0.2, 0.25) is 0 Å². The summed E-state index contributed by atoms with van der Waals surface area (Å²) >= 11 is 0. The second kappa shape index (κ2) is 11.7. The molecule has 5 nitrogen and oxygen atoms in total. The molecule has 0 aromatic carbocycles. The van der Waals surface area contributed by atoms with Gasteiger partial charge in [0.05, 0.1) is 0 Å². The van der Waals surface area contributed by atoms with Gasteiger partial charge in [-0.1, -0.05) is 18.7 Å². The molecule has 0 aromatic heterocycles. The topological polar surface area (TPSA) is 62.4 Å². The third-order valence-corrected chi connectivity index (χ3v) is 2.81. The summed E-state index contributed by atoms with van der Waals surface area (Å²) in [6, 6.07) is 0.120. The number of rotatable bonds is 4. The minimum Gasteiger partial charge on any atom is -0.335 e. The van der Waals surface area contributed by atoms with Crippen molar-refractivity contribution in [2.24, 2.45) is 0 Å². The van der Waals surface area contributed by atoms with Crippen LogP contribution < -0.4 is 16.0 Å². The number of ether oxygens (including phenoxy) is 1. The van der Waals surface area contributed by atoms with Gasteiger partial charge in [-0.05, 0) is 45.0 Å². The fourth-order valence-electron chi connectivity index (χ4n) is 1.76. The lowest BCUT2D eigenvalue weighted by molar-refractivity contribution is -0.311. The fourth-order valence-corrected chi connectivity index (χ4v) is 1.76. The van der Waals surface area contributed by atoms with E-state index in [-0.39, 0.29) is 12.1 Å². The van der Waals surface area contributed by atoms with Crippen molar-refractivity contribution in [2.45, 2.75) is 32.2 Å². The number of methoxy groups -OCH3 is 1. The first-order valence-electron chi connectivity index (χ1n) is 7.18. The van der Waals surface area contributed by atoms with Crippen molar-refractivity contribution in [1.29, 1.82) is 0 Å². The van der Waals surface area contributed by atoms with Crippen molar-refractivity contribution >= 4 is 6.03 Å². The molecule has 1 fully saturated rings. The molecule has 8 heteroatoms. The number of allylic oxidation sites excluding steroid dienone is 4. The molecule has 0 unspecified atom stereocenters. The van der Waals surface area contributed by atoms with Crippen LogP contribution in [0.3, 0.4) is 0 Å². The summed E-state index contributed by atoms with van der Waals surface area (Å²) in [7, 11) is 0.583. The van der Waals surface area contributed by atoms with Gasteiger partial charge in [-0.2, -0.15) is 0 Å². The third kappa shape index (κ3) is 12.4. The van der Waals surface area contributed by atoms with Crippen LogP contribution in [-0.4, -0.2) is 38.6 Å². The molecule has 0 spiro atoms. The summed E-state index contributed by atoms with van der Waals surface area (Å²) in [5.41, 5.74) is 0.744. The minimum atomic E-state index is -4.46. The van der Waals surface area contributed by atoms with E-state index in [1.54, 1.807) is 12.2 Å². The molecule has 23 heavy (non-hydrogen) atoms. The Balaban J connectivity index is 0.000000688. The summed E-state index contributed by atoms with van der Waals surface area (Å²) in [6.45, 7) is 7.46. The molecule has 0 aliphatic carbocycles. The molecule has 0 radical (unpaired) electrons. The van der Waals surface area contributed by atoms with E-state index >= 15 is 0 Å². The second-order valence-corrected chi connectivity index (χ2v) is 4.63. The molecule has 1 heterocycles. The monoisotopic (exact) mass is 335 g/mol. The molecule has 2 amide bonds. The Morgan fingerprint density at radius 3 is 2.35 bits per heavy atom. The lowest BCUT2D eigenvalue weighted by Crippen LogP contribution is -2.46. The molecule has 1 aliphatic rings. The summed E-state index contributed by atoms with van der Waals surface area (Å²) < 4.78 is 34.6. The van der Waals surface area contributed by atoms with Crippen molar-refractivity contribution < 1.29 is 22.7 Å². The van der Waals surface area contributed by atoms with Crippen LogP contribution in [-0.2, 0) is 4.74 Å². The zero-order valence-corrected chi connectivity index (χ0v) is 13.4. The molecule has 3 N–H and O–H groups in total. The molecular formula is C15H24F3N3O2. The van der Waals surface area contributed by atoms with E-state index in [9.17, 15) is 18.0 Å². The van der Waals surface area contributed by atoms with Gasteiger partial charge in [0.25, 0.3) is 0 Å². The molecule has 0 aromatic rings. The average molecular weight is 335 g/mol. The molecule has 132 valence electrons. The lowest BCUT2D eigenvalue weighted by atomic mass is 10.1. The number of amides is 2. The van der Waals surface area contributed by atoms with Gasteiger partial charge >= 0.3 is 12.4 Å². The van der Waals surface area contributed by atoms with Crippen LogP contribution in [0.5, 0.6) is 0 Å². The Bertz CT molecular complexity index is 415. The van der Waals surface area contributed by atoms with Gasteiger partial charge in [-0.3, -0.25) is 4.74 Å². The summed E-state index contributed by atoms with van der Waals surface area (Å²) in [6.07, 6.45) is 4.64. The normalized spacial score (nSPS) is 16.5. The molecule has 1 rings (SSSR count). The lowest BCUT2D eigenvalue weighted by Gasteiger charge is -2.23. The van der Waals surface area contributed by atoms with Gasteiger partial charge in [-0.25, -0.2) is 4.79 Å². The smallest absolute Gasteiger partial charge is 0.335 e.